The fourth-order valence-corrected chi connectivity index (χ4v) is 2.61. The number of rotatable bonds is 4. The molecule has 1 atom stereocenters. The molecule has 2 rings (SSSR count). The van der Waals surface area contributed by atoms with Crippen molar-refractivity contribution in [2.75, 3.05) is 18.0 Å². The molecule has 1 aliphatic heterocycles. The summed E-state index contributed by atoms with van der Waals surface area (Å²) >= 11 is 0. The Balaban J connectivity index is 2.18. The molecule has 0 spiro atoms. The van der Waals surface area contributed by atoms with E-state index in [2.05, 4.69) is 11.8 Å². The van der Waals surface area contributed by atoms with Gasteiger partial charge in [-0.25, -0.2) is 4.39 Å². The summed E-state index contributed by atoms with van der Waals surface area (Å²) in [4.78, 5) is 13.1. The van der Waals surface area contributed by atoms with Crippen molar-refractivity contribution in [2.24, 2.45) is 5.92 Å². The van der Waals surface area contributed by atoms with Gasteiger partial charge in [-0.3, -0.25) is 4.79 Å². The molecule has 0 saturated carbocycles. The molecule has 1 aromatic carbocycles. The van der Waals surface area contributed by atoms with Crippen molar-refractivity contribution in [3.05, 3.63) is 29.6 Å². The Kier molecular flexibility index (Phi) is 3.77. The number of carbonyl (C=O) groups is 1. The van der Waals surface area contributed by atoms with Crippen LogP contribution in [0.5, 0.6) is 0 Å². The molecule has 2 nitrogen and oxygen atoms in total. The molecule has 0 aliphatic carbocycles. The van der Waals surface area contributed by atoms with Gasteiger partial charge in [-0.2, -0.15) is 0 Å². The third-order valence-electron chi connectivity index (χ3n) is 3.47. The molecule has 1 aliphatic rings. The third-order valence-corrected chi connectivity index (χ3v) is 3.47. The summed E-state index contributed by atoms with van der Waals surface area (Å²) in [6, 6.07) is 4.85. The third kappa shape index (κ3) is 2.48. The zero-order chi connectivity index (χ0) is 12.3. The van der Waals surface area contributed by atoms with E-state index in [4.69, 9.17) is 0 Å². The van der Waals surface area contributed by atoms with Gasteiger partial charge in [0.25, 0.3) is 0 Å². The van der Waals surface area contributed by atoms with Crippen LogP contribution in [-0.4, -0.2) is 19.4 Å². The molecule has 1 unspecified atom stereocenters. The minimum absolute atomic E-state index is 0.199. The smallest absolute Gasteiger partial charge is 0.155 e. The van der Waals surface area contributed by atoms with Crippen LogP contribution < -0.4 is 4.90 Å². The Morgan fingerprint density at radius 2 is 2.35 bits per heavy atom. The Morgan fingerprint density at radius 1 is 1.53 bits per heavy atom. The minimum atomic E-state index is -0.420. The average Bonchev–Trinajstić information content (AvgIpc) is 2.78. The molecule has 0 aromatic heterocycles. The number of benzene rings is 1. The van der Waals surface area contributed by atoms with Gasteiger partial charge in [0, 0.05) is 13.1 Å². The topological polar surface area (TPSA) is 20.3 Å². The lowest BCUT2D eigenvalue weighted by Crippen LogP contribution is -2.21. The van der Waals surface area contributed by atoms with Gasteiger partial charge < -0.3 is 4.90 Å². The maximum atomic E-state index is 13.5. The van der Waals surface area contributed by atoms with Crippen LogP contribution in [0.3, 0.4) is 0 Å². The maximum absolute atomic E-state index is 13.5. The van der Waals surface area contributed by atoms with Crippen molar-refractivity contribution in [3.63, 3.8) is 0 Å². The summed E-state index contributed by atoms with van der Waals surface area (Å²) in [5.74, 6) is 0.263. The van der Waals surface area contributed by atoms with Crippen LogP contribution >= 0.6 is 0 Å². The van der Waals surface area contributed by atoms with Crippen LogP contribution in [0.1, 0.15) is 36.5 Å². The van der Waals surface area contributed by atoms with E-state index in [1.807, 2.05) is 6.07 Å². The number of aldehydes is 1. The van der Waals surface area contributed by atoms with Crippen molar-refractivity contribution >= 4 is 12.0 Å². The van der Waals surface area contributed by atoms with E-state index < -0.39 is 5.82 Å². The summed E-state index contributed by atoms with van der Waals surface area (Å²) in [7, 11) is 0. The molecule has 1 heterocycles. The van der Waals surface area contributed by atoms with Crippen LogP contribution in [-0.2, 0) is 0 Å². The van der Waals surface area contributed by atoms with Crippen LogP contribution in [0.25, 0.3) is 0 Å². The Hall–Kier alpha value is -1.38. The van der Waals surface area contributed by atoms with Crippen LogP contribution in [0, 0.1) is 11.7 Å². The lowest BCUT2D eigenvalue weighted by Gasteiger charge is -2.20. The summed E-state index contributed by atoms with van der Waals surface area (Å²) < 4.78 is 13.5. The van der Waals surface area contributed by atoms with E-state index in [-0.39, 0.29) is 5.56 Å². The molecule has 0 bridgehead atoms. The van der Waals surface area contributed by atoms with Crippen LogP contribution in [0.15, 0.2) is 18.2 Å². The molecule has 92 valence electrons. The fourth-order valence-electron chi connectivity index (χ4n) is 2.61. The van der Waals surface area contributed by atoms with Crippen molar-refractivity contribution in [2.45, 2.75) is 26.2 Å². The highest BCUT2D eigenvalue weighted by Crippen LogP contribution is 2.29. The molecule has 0 radical (unpaired) electrons. The van der Waals surface area contributed by atoms with Gasteiger partial charge >= 0.3 is 0 Å². The first-order valence-electron chi connectivity index (χ1n) is 6.25. The van der Waals surface area contributed by atoms with Gasteiger partial charge in [-0.1, -0.05) is 19.4 Å². The highest BCUT2D eigenvalue weighted by Gasteiger charge is 2.24. The Labute approximate surface area is 101 Å². The summed E-state index contributed by atoms with van der Waals surface area (Å²) in [5.41, 5.74) is 0.947. The zero-order valence-electron chi connectivity index (χ0n) is 10.2. The van der Waals surface area contributed by atoms with E-state index >= 15 is 0 Å². The van der Waals surface area contributed by atoms with Crippen molar-refractivity contribution in [1.82, 2.24) is 0 Å². The Bertz CT molecular complexity index is 405. The van der Waals surface area contributed by atoms with Gasteiger partial charge in [-0.15, -0.1) is 0 Å². The molecule has 1 fully saturated rings. The standard InChI is InChI=1S/C14H18FNO/c1-2-4-11-7-8-16(9-11)14-6-3-5-13(15)12(14)10-17/h3,5-6,10-11H,2,4,7-9H2,1H3. The summed E-state index contributed by atoms with van der Waals surface area (Å²) in [6.07, 6.45) is 4.16. The highest BCUT2D eigenvalue weighted by molar-refractivity contribution is 5.85. The van der Waals surface area contributed by atoms with Gasteiger partial charge in [0.05, 0.1) is 11.3 Å². The first-order valence-corrected chi connectivity index (χ1v) is 6.25. The van der Waals surface area contributed by atoms with Gasteiger partial charge in [0.15, 0.2) is 6.29 Å². The lowest BCUT2D eigenvalue weighted by molar-refractivity contribution is 0.112. The van der Waals surface area contributed by atoms with E-state index in [0.29, 0.717) is 12.2 Å². The number of carbonyl (C=O) groups excluding carboxylic acids is 1. The highest BCUT2D eigenvalue weighted by atomic mass is 19.1. The lowest BCUT2D eigenvalue weighted by atomic mass is 10.0. The molecule has 1 saturated heterocycles. The van der Waals surface area contributed by atoms with E-state index in [0.717, 1.165) is 25.2 Å². The largest absolute Gasteiger partial charge is 0.371 e. The average molecular weight is 235 g/mol. The predicted octanol–water partition coefficient (Wildman–Crippen LogP) is 3.26. The van der Waals surface area contributed by atoms with E-state index in [9.17, 15) is 9.18 Å². The number of halogens is 1. The monoisotopic (exact) mass is 235 g/mol. The molecule has 3 heteroatoms. The van der Waals surface area contributed by atoms with Crippen LogP contribution in [0.4, 0.5) is 10.1 Å². The van der Waals surface area contributed by atoms with Crippen LogP contribution in [0.2, 0.25) is 0 Å². The van der Waals surface area contributed by atoms with Crippen molar-refractivity contribution < 1.29 is 9.18 Å². The Morgan fingerprint density at radius 3 is 3.06 bits per heavy atom. The minimum Gasteiger partial charge on any atom is -0.371 e. The summed E-state index contributed by atoms with van der Waals surface area (Å²) in [5, 5.41) is 0. The quantitative estimate of drug-likeness (QED) is 0.746. The first kappa shape index (κ1) is 12.1. The van der Waals surface area contributed by atoms with E-state index in [1.54, 1.807) is 6.07 Å². The molecule has 0 amide bonds. The maximum Gasteiger partial charge on any atom is 0.155 e. The SMILES string of the molecule is CCCC1CCN(c2cccc(F)c2C=O)C1. The molecule has 17 heavy (non-hydrogen) atoms. The second-order valence-electron chi connectivity index (χ2n) is 4.68. The number of hydrogen-bond donors (Lipinski definition) is 0. The number of nitrogens with zero attached hydrogens (tertiary/aromatic N) is 1. The zero-order valence-corrected chi connectivity index (χ0v) is 10.2. The van der Waals surface area contributed by atoms with Gasteiger partial charge in [0.1, 0.15) is 5.82 Å². The normalized spacial score (nSPS) is 19.6. The number of hydrogen-bond acceptors (Lipinski definition) is 2. The number of anilines is 1. The van der Waals surface area contributed by atoms with Crippen molar-refractivity contribution in [3.8, 4) is 0 Å². The predicted molar refractivity (Wildman–Crippen MR) is 67.0 cm³/mol. The van der Waals surface area contributed by atoms with Crippen molar-refractivity contribution in [1.29, 1.82) is 0 Å². The second kappa shape index (κ2) is 5.30. The molecule has 1 aromatic rings. The second-order valence-corrected chi connectivity index (χ2v) is 4.68. The summed E-state index contributed by atoms with van der Waals surface area (Å²) in [6.45, 7) is 4.05. The van der Waals surface area contributed by atoms with E-state index in [1.165, 1.54) is 18.9 Å². The van der Waals surface area contributed by atoms with Gasteiger partial charge in [0.2, 0.25) is 0 Å². The molecular formula is C14H18FNO. The molecular weight excluding hydrogens is 217 g/mol. The molecule has 0 N–H and O–H groups in total. The first-order chi connectivity index (χ1) is 8.26. The fraction of sp³-hybridized carbons (Fsp3) is 0.500. The van der Waals surface area contributed by atoms with Gasteiger partial charge in [-0.05, 0) is 30.9 Å².